The molecule has 1 amide bonds. The topological polar surface area (TPSA) is 78.2 Å². The molecule has 4 aromatic rings. The van der Waals surface area contributed by atoms with Gasteiger partial charge in [0.05, 0.1) is 18.4 Å². The molecule has 0 bridgehead atoms. The van der Waals surface area contributed by atoms with Gasteiger partial charge in [0.1, 0.15) is 34.1 Å². The number of anilines is 1. The van der Waals surface area contributed by atoms with Crippen molar-refractivity contribution in [2.75, 3.05) is 12.0 Å². The van der Waals surface area contributed by atoms with E-state index >= 15 is 0 Å². The molecule has 1 aromatic heterocycles. The Bertz CT molecular complexity index is 1790. The number of hydrogen-bond acceptors (Lipinski definition) is 6. The number of nitrogens with one attached hydrogen (secondary N) is 1. The Morgan fingerprint density at radius 1 is 1.09 bits per heavy atom. The molecular weight excluding hydrogens is 600 g/mol. The smallest absolute Gasteiger partial charge is 0.433 e. The number of nitrogens with zero attached hydrogens (tertiary/aromatic N) is 3. The zero-order valence-corrected chi connectivity index (χ0v) is 23.9. The number of rotatable bonds is 7. The number of thioether (sulfide) groups is 1. The zero-order valence-electron chi connectivity index (χ0n) is 22.3. The van der Waals surface area contributed by atoms with Gasteiger partial charge in [-0.25, -0.2) is 9.37 Å². The normalized spacial score (nSPS) is 14.1. The minimum atomic E-state index is -4.72. The number of carbonyl (C=O) groups excluding carboxylic acids is 1. The Balaban J connectivity index is 1.46. The largest absolute Gasteiger partial charge is 0.496 e. The fourth-order valence-electron chi connectivity index (χ4n) is 4.40. The number of amides is 1. The summed E-state index contributed by atoms with van der Waals surface area (Å²) in [5, 5.41) is 12.8. The first-order valence-corrected chi connectivity index (χ1v) is 14.0. The quantitative estimate of drug-likeness (QED) is 0.100. The van der Waals surface area contributed by atoms with Crippen LogP contribution in [0.4, 0.5) is 23.2 Å². The summed E-state index contributed by atoms with van der Waals surface area (Å²) < 4.78 is 60.2. The van der Waals surface area contributed by atoms with Crippen molar-refractivity contribution in [1.82, 2.24) is 10.3 Å². The minimum absolute atomic E-state index is 0.0246. The predicted octanol–water partition coefficient (Wildman–Crippen LogP) is 7.34. The molecule has 0 aliphatic carbocycles. The number of alkyl halides is 3. The number of carbonyl (C=O) groups is 1. The van der Waals surface area contributed by atoms with E-state index < -0.39 is 23.6 Å². The van der Waals surface area contributed by atoms with Crippen LogP contribution in [-0.4, -0.2) is 23.1 Å². The Labute approximate surface area is 253 Å². The van der Waals surface area contributed by atoms with Crippen LogP contribution in [0.5, 0.6) is 5.75 Å². The molecule has 5 rings (SSSR count). The highest BCUT2D eigenvalue weighted by molar-refractivity contribution is 7.98. The summed E-state index contributed by atoms with van der Waals surface area (Å²) in [6.45, 7) is 0. The lowest BCUT2D eigenvalue weighted by Gasteiger charge is -2.15. The number of methoxy groups -OCH3 is 1. The molecule has 0 saturated carbocycles. The third-order valence-corrected chi connectivity index (χ3v) is 7.72. The number of halogens is 4. The van der Waals surface area contributed by atoms with Crippen LogP contribution in [-0.2, 0) is 16.7 Å². The Kier molecular flexibility index (Phi) is 8.47. The van der Waals surface area contributed by atoms with Gasteiger partial charge in [0.2, 0.25) is 0 Å². The van der Waals surface area contributed by atoms with Crippen LogP contribution >= 0.6 is 24.0 Å². The third kappa shape index (κ3) is 6.38. The number of benzene rings is 3. The molecule has 0 spiro atoms. The van der Waals surface area contributed by atoms with Crippen molar-refractivity contribution in [3.05, 3.63) is 113 Å². The minimum Gasteiger partial charge on any atom is -0.496 e. The Morgan fingerprint density at radius 3 is 2.47 bits per heavy atom. The highest BCUT2D eigenvalue weighted by Gasteiger charge is 2.35. The van der Waals surface area contributed by atoms with Crippen LogP contribution in [0.15, 0.2) is 89.6 Å². The van der Waals surface area contributed by atoms with Crippen molar-refractivity contribution in [2.24, 2.45) is 0 Å². The average Bonchev–Trinajstić information content (AvgIpc) is 3.27. The summed E-state index contributed by atoms with van der Waals surface area (Å²) >= 11 is 6.28. The maximum Gasteiger partial charge on any atom is 0.433 e. The van der Waals surface area contributed by atoms with E-state index in [0.29, 0.717) is 28.1 Å². The third-order valence-electron chi connectivity index (χ3n) is 6.42. The van der Waals surface area contributed by atoms with E-state index in [-0.39, 0.29) is 32.7 Å². The summed E-state index contributed by atoms with van der Waals surface area (Å²) in [5.74, 6) is -0.327. The first-order chi connectivity index (χ1) is 20.6. The van der Waals surface area contributed by atoms with Gasteiger partial charge in [-0.1, -0.05) is 36.4 Å². The number of aromatic nitrogens is 1. The van der Waals surface area contributed by atoms with E-state index in [1.165, 1.54) is 36.3 Å². The van der Waals surface area contributed by atoms with Gasteiger partial charge in [-0.15, -0.1) is 11.8 Å². The van der Waals surface area contributed by atoms with Crippen molar-refractivity contribution in [1.29, 1.82) is 5.26 Å². The number of ether oxygens (including phenoxy) is 1. The Morgan fingerprint density at radius 2 is 1.81 bits per heavy atom. The van der Waals surface area contributed by atoms with Crippen LogP contribution in [0.2, 0.25) is 0 Å². The summed E-state index contributed by atoms with van der Waals surface area (Å²) in [6, 6.07) is 21.7. The summed E-state index contributed by atoms with van der Waals surface area (Å²) in [4.78, 5) is 18.2. The van der Waals surface area contributed by atoms with Gasteiger partial charge >= 0.3 is 6.18 Å². The molecule has 1 saturated heterocycles. The van der Waals surface area contributed by atoms with Gasteiger partial charge in [0, 0.05) is 16.9 Å². The highest BCUT2D eigenvalue weighted by atomic mass is 32.2. The molecule has 43 heavy (non-hydrogen) atoms. The van der Waals surface area contributed by atoms with E-state index in [1.807, 2.05) is 6.07 Å². The maximum absolute atomic E-state index is 13.8. The Hall–Kier alpha value is -4.73. The first-order valence-electron chi connectivity index (χ1n) is 12.6. The molecule has 1 fully saturated rings. The van der Waals surface area contributed by atoms with Gasteiger partial charge in [0.25, 0.3) is 5.91 Å². The van der Waals surface area contributed by atoms with Crippen molar-refractivity contribution in [3.63, 3.8) is 0 Å². The summed E-state index contributed by atoms with van der Waals surface area (Å²) in [7, 11) is 1.46. The van der Waals surface area contributed by atoms with Gasteiger partial charge in [-0.3, -0.25) is 9.69 Å². The van der Waals surface area contributed by atoms with E-state index in [4.69, 9.17) is 17.0 Å². The lowest BCUT2D eigenvalue weighted by Crippen LogP contribution is -2.30. The molecule has 0 radical (unpaired) electrons. The fourth-order valence-corrected chi connectivity index (χ4v) is 5.68. The van der Waals surface area contributed by atoms with Gasteiger partial charge < -0.3 is 10.1 Å². The van der Waals surface area contributed by atoms with E-state index in [1.54, 1.807) is 54.6 Å². The number of thiocarbonyl (C=S) groups is 1. The molecule has 3 aromatic carbocycles. The van der Waals surface area contributed by atoms with E-state index in [9.17, 15) is 27.6 Å². The SMILES string of the molecule is COc1ccc(/C=C2/NC(=S)N(c3ccc(F)cc3)C2=O)cc1CSc1nc(C(F)(F)F)cc(-c2ccccc2)c1C#N. The average molecular weight is 621 g/mol. The molecule has 0 atom stereocenters. The second-order valence-electron chi connectivity index (χ2n) is 9.18. The maximum atomic E-state index is 13.8. The molecule has 1 N–H and O–H groups in total. The van der Waals surface area contributed by atoms with Crippen molar-refractivity contribution >= 4 is 46.8 Å². The van der Waals surface area contributed by atoms with Crippen LogP contribution in [0.1, 0.15) is 22.4 Å². The van der Waals surface area contributed by atoms with Gasteiger partial charge in [0.15, 0.2) is 5.11 Å². The van der Waals surface area contributed by atoms with Crippen molar-refractivity contribution in [3.8, 4) is 22.9 Å². The van der Waals surface area contributed by atoms with Crippen molar-refractivity contribution in [2.45, 2.75) is 17.0 Å². The fraction of sp³-hybridized carbons (Fsp3) is 0.0968. The van der Waals surface area contributed by atoms with Crippen LogP contribution in [0.3, 0.4) is 0 Å². The van der Waals surface area contributed by atoms with Gasteiger partial charge in [-0.05, 0) is 71.9 Å². The molecule has 216 valence electrons. The molecule has 6 nitrogen and oxygen atoms in total. The molecule has 1 aliphatic heterocycles. The first kappa shape index (κ1) is 29.8. The van der Waals surface area contributed by atoms with E-state index in [0.717, 1.165) is 17.8 Å². The monoisotopic (exact) mass is 620 g/mol. The number of pyridine rings is 1. The van der Waals surface area contributed by atoms with Crippen LogP contribution in [0.25, 0.3) is 17.2 Å². The second kappa shape index (κ2) is 12.2. The van der Waals surface area contributed by atoms with Crippen LogP contribution in [0, 0.1) is 17.1 Å². The van der Waals surface area contributed by atoms with E-state index in [2.05, 4.69) is 10.3 Å². The summed E-state index contributed by atoms with van der Waals surface area (Å²) in [6.07, 6.45) is -3.15. The molecule has 1 aliphatic rings. The number of nitriles is 1. The summed E-state index contributed by atoms with van der Waals surface area (Å²) in [5.41, 5.74) is 1.26. The zero-order chi connectivity index (χ0) is 30.7. The molecular formula is C31H20F4N4O2S2. The number of hydrogen-bond donors (Lipinski definition) is 1. The van der Waals surface area contributed by atoms with Crippen LogP contribution < -0.4 is 15.0 Å². The second-order valence-corrected chi connectivity index (χ2v) is 10.5. The molecule has 0 unspecified atom stereocenters. The standard InChI is InChI=1S/C31H20F4N4O2S2/c1-41-26-12-7-18(14-25-29(40)39(30(42)37-25)22-10-8-21(32)9-11-22)13-20(26)17-43-28-24(16-36)23(19-5-3-2-4-6-19)15-27(38-28)31(33,34)35/h2-15H,17H2,1H3,(H,37,42)/b25-14+. The predicted molar refractivity (Wildman–Crippen MR) is 160 cm³/mol. The lowest BCUT2D eigenvalue weighted by molar-refractivity contribution is -0.141. The highest BCUT2D eigenvalue weighted by Crippen LogP contribution is 2.38. The lowest BCUT2D eigenvalue weighted by atomic mass is 10.0. The molecule has 12 heteroatoms. The molecule has 2 heterocycles. The van der Waals surface area contributed by atoms with Gasteiger partial charge in [-0.2, -0.15) is 18.4 Å². The van der Waals surface area contributed by atoms with Crippen molar-refractivity contribution < 1.29 is 27.1 Å².